The molecule has 6 rings (SSSR count). The number of ketones is 1. The number of rotatable bonds is 5. The van der Waals surface area contributed by atoms with Crippen molar-refractivity contribution in [3.63, 3.8) is 0 Å². The fraction of sp³-hybridized carbons (Fsp3) is 0.379. The Labute approximate surface area is 223 Å². The van der Waals surface area contributed by atoms with E-state index in [1.165, 1.54) is 6.20 Å². The number of aliphatic hydroxyl groups is 1. The molecule has 5 N–H and O–H groups in total. The second-order valence-corrected chi connectivity index (χ2v) is 11.0. The Morgan fingerprint density at radius 2 is 1.92 bits per heavy atom. The maximum Gasteiger partial charge on any atom is 0.325 e. The maximum atomic E-state index is 13.1. The topological polar surface area (TPSA) is 156 Å². The number of amides is 1. The van der Waals surface area contributed by atoms with Gasteiger partial charge in [0.05, 0.1) is 16.7 Å². The second-order valence-electron chi connectivity index (χ2n) is 11.0. The monoisotopic (exact) mass is 530 g/mol. The molecule has 1 saturated heterocycles. The van der Waals surface area contributed by atoms with E-state index in [0.717, 1.165) is 11.1 Å². The number of hydrogen-bond donors (Lipinski definition) is 5. The number of phenolic OH excluding ortho intramolecular Hbond substituents is 1. The van der Waals surface area contributed by atoms with Crippen LogP contribution in [0, 0.1) is 0 Å². The van der Waals surface area contributed by atoms with Crippen LogP contribution < -0.4 is 16.6 Å². The fourth-order valence-electron chi connectivity index (χ4n) is 7.05. The minimum absolute atomic E-state index is 0.0620. The zero-order valence-electron chi connectivity index (χ0n) is 21.5. The molecule has 2 heterocycles. The van der Waals surface area contributed by atoms with Gasteiger partial charge in [-0.25, -0.2) is 4.79 Å². The number of fused-ring (bicyclic) bond motifs is 1. The van der Waals surface area contributed by atoms with E-state index in [9.17, 15) is 29.4 Å². The first-order valence-corrected chi connectivity index (χ1v) is 13.1. The molecule has 3 atom stereocenters. The average molecular weight is 531 g/mol. The number of aromatic nitrogens is 2. The number of H-pyrrole nitrogens is 2. The summed E-state index contributed by atoms with van der Waals surface area (Å²) in [5, 5.41) is 26.1. The first-order valence-electron chi connectivity index (χ1n) is 13.1. The molecule has 2 bridgehead atoms. The number of aromatic amines is 2. The van der Waals surface area contributed by atoms with E-state index in [-0.39, 0.29) is 29.6 Å². The van der Waals surface area contributed by atoms with Crippen LogP contribution in [0.15, 0.2) is 52.2 Å². The SMILES string of the molecule is CN1CC23CC(=O)CC[C@@]2(O)[C@H]1Cc1ccc(C(=O)NCCc2ccc(-c4c[nH]c(=O)[nH]c4=O)cc2)c(O)c13. The molecule has 10 heteroatoms. The summed E-state index contributed by atoms with van der Waals surface area (Å²) >= 11 is 0. The van der Waals surface area contributed by atoms with Crippen LogP contribution in [0.5, 0.6) is 5.75 Å². The molecule has 3 aromatic rings. The van der Waals surface area contributed by atoms with Gasteiger partial charge < -0.3 is 20.5 Å². The molecule has 1 aromatic heterocycles. The molecule has 2 aromatic carbocycles. The van der Waals surface area contributed by atoms with Gasteiger partial charge in [0.1, 0.15) is 11.5 Å². The maximum absolute atomic E-state index is 13.1. The van der Waals surface area contributed by atoms with Crippen molar-refractivity contribution in [2.45, 2.75) is 49.2 Å². The number of hydrogen-bond acceptors (Lipinski definition) is 7. The molecule has 39 heavy (non-hydrogen) atoms. The van der Waals surface area contributed by atoms with Crippen LogP contribution in [0.4, 0.5) is 0 Å². The molecule has 202 valence electrons. The van der Waals surface area contributed by atoms with Crippen LogP contribution in [-0.4, -0.2) is 68.6 Å². The number of carbonyl (C=O) groups is 2. The molecule has 3 aliphatic rings. The lowest BCUT2D eigenvalue weighted by Crippen LogP contribution is -2.61. The highest BCUT2D eigenvalue weighted by Gasteiger charge is 2.68. The summed E-state index contributed by atoms with van der Waals surface area (Å²) in [6.45, 7) is 0.763. The van der Waals surface area contributed by atoms with Crippen LogP contribution >= 0.6 is 0 Å². The van der Waals surface area contributed by atoms with Gasteiger partial charge in [-0.1, -0.05) is 30.3 Å². The minimum atomic E-state index is -1.12. The first-order chi connectivity index (χ1) is 18.6. The summed E-state index contributed by atoms with van der Waals surface area (Å²) in [7, 11) is 1.94. The van der Waals surface area contributed by atoms with E-state index in [2.05, 4.69) is 20.2 Å². The minimum Gasteiger partial charge on any atom is -0.507 e. The molecular weight excluding hydrogens is 500 g/mol. The molecule has 0 radical (unpaired) electrons. The largest absolute Gasteiger partial charge is 0.507 e. The summed E-state index contributed by atoms with van der Waals surface area (Å²) < 4.78 is 0. The molecule has 1 aliphatic heterocycles. The third-order valence-corrected chi connectivity index (χ3v) is 8.90. The summed E-state index contributed by atoms with van der Waals surface area (Å²) in [5.41, 5.74) is 0.388. The average Bonchev–Trinajstić information content (AvgIpc) is 3.01. The van der Waals surface area contributed by atoms with E-state index >= 15 is 0 Å². The predicted molar refractivity (Wildman–Crippen MR) is 143 cm³/mol. The summed E-state index contributed by atoms with van der Waals surface area (Å²) in [4.78, 5) is 55.7. The number of phenols is 1. The van der Waals surface area contributed by atoms with Crippen molar-refractivity contribution in [2.75, 3.05) is 20.1 Å². The number of nitrogens with one attached hydrogen (secondary N) is 3. The third kappa shape index (κ3) is 3.85. The molecular formula is C29H30N4O6. The Morgan fingerprint density at radius 3 is 2.67 bits per heavy atom. The van der Waals surface area contributed by atoms with E-state index < -0.39 is 28.2 Å². The van der Waals surface area contributed by atoms with Gasteiger partial charge in [0.25, 0.3) is 11.5 Å². The lowest BCUT2D eigenvalue weighted by atomic mass is 9.54. The van der Waals surface area contributed by atoms with Crippen molar-refractivity contribution in [3.8, 4) is 16.9 Å². The number of benzene rings is 2. The molecule has 2 aliphatic carbocycles. The van der Waals surface area contributed by atoms with E-state index in [1.54, 1.807) is 18.2 Å². The number of likely N-dealkylation sites (tertiary alicyclic amines) is 1. The van der Waals surface area contributed by atoms with Crippen LogP contribution in [0.1, 0.15) is 46.3 Å². The highest BCUT2D eigenvalue weighted by Crippen LogP contribution is 2.59. The Kier molecular flexibility index (Phi) is 5.85. The number of carbonyl (C=O) groups excluding carboxylic acids is 2. The Bertz CT molecular complexity index is 1610. The Morgan fingerprint density at radius 1 is 1.15 bits per heavy atom. The highest BCUT2D eigenvalue weighted by molar-refractivity contribution is 5.98. The highest BCUT2D eigenvalue weighted by atomic mass is 16.3. The van der Waals surface area contributed by atoms with Crippen LogP contribution in [-0.2, 0) is 23.1 Å². The van der Waals surface area contributed by atoms with Crippen LogP contribution in [0.25, 0.3) is 11.1 Å². The summed E-state index contributed by atoms with van der Waals surface area (Å²) in [5.74, 6) is -0.517. The van der Waals surface area contributed by atoms with Gasteiger partial charge in [0.15, 0.2) is 0 Å². The van der Waals surface area contributed by atoms with Crippen LogP contribution in [0.3, 0.4) is 0 Å². The second kappa shape index (κ2) is 9.03. The van der Waals surface area contributed by atoms with E-state index in [0.29, 0.717) is 55.5 Å². The fourth-order valence-corrected chi connectivity index (χ4v) is 7.05. The van der Waals surface area contributed by atoms with Crippen molar-refractivity contribution >= 4 is 11.7 Å². The quantitative estimate of drug-likeness (QED) is 0.330. The van der Waals surface area contributed by atoms with Crippen molar-refractivity contribution in [2.24, 2.45) is 0 Å². The molecule has 0 spiro atoms. The lowest BCUT2D eigenvalue weighted by Gasteiger charge is -2.51. The number of likely N-dealkylation sites (N-methyl/N-ethyl adjacent to an activating group) is 1. The zero-order chi connectivity index (χ0) is 27.5. The zero-order valence-corrected chi connectivity index (χ0v) is 21.5. The van der Waals surface area contributed by atoms with Crippen molar-refractivity contribution in [1.29, 1.82) is 0 Å². The molecule has 2 fully saturated rings. The van der Waals surface area contributed by atoms with E-state index in [4.69, 9.17) is 0 Å². The smallest absolute Gasteiger partial charge is 0.325 e. The molecule has 1 amide bonds. The standard InChI is InChI=1S/C29H30N4O6/c1-33-15-28-13-19(34)8-10-29(28,39)22(33)12-18-6-7-20(24(35)23(18)28)25(36)30-11-9-16-2-4-17(5-3-16)21-14-31-27(38)32-26(21)37/h2-7,14,22,35,39H,8-13,15H2,1H3,(H,30,36)(H2,31,32,37,38)/t22-,28?,29-/m1/s1. The van der Waals surface area contributed by atoms with E-state index in [1.807, 2.05) is 25.2 Å². The van der Waals surface area contributed by atoms with Crippen LogP contribution in [0.2, 0.25) is 0 Å². The van der Waals surface area contributed by atoms with Gasteiger partial charge in [-0.05, 0) is 49.1 Å². The summed E-state index contributed by atoms with van der Waals surface area (Å²) in [6, 6.07) is 10.6. The summed E-state index contributed by atoms with van der Waals surface area (Å²) in [6.07, 6.45) is 3.26. The number of nitrogens with zero attached hydrogens (tertiary/aromatic N) is 1. The molecule has 1 unspecified atom stereocenters. The van der Waals surface area contributed by atoms with Gasteiger partial charge in [0, 0.05) is 49.1 Å². The van der Waals surface area contributed by atoms with Gasteiger partial charge >= 0.3 is 5.69 Å². The van der Waals surface area contributed by atoms with Crippen molar-refractivity contribution in [3.05, 3.63) is 85.7 Å². The number of aromatic hydroxyl groups is 1. The Balaban J connectivity index is 1.19. The van der Waals surface area contributed by atoms with Gasteiger partial charge in [0.2, 0.25) is 0 Å². The van der Waals surface area contributed by atoms with Gasteiger partial charge in [-0.2, -0.15) is 0 Å². The molecule has 10 nitrogen and oxygen atoms in total. The first kappa shape index (κ1) is 25.3. The number of Topliss-reactive ketones (excluding diaryl/α,β-unsaturated/α-hetero) is 1. The van der Waals surface area contributed by atoms with Crippen molar-refractivity contribution < 1.29 is 19.8 Å². The predicted octanol–water partition coefficient (Wildman–Crippen LogP) is 1.00. The Hall–Kier alpha value is -4.02. The van der Waals surface area contributed by atoms with Crippen molar-refractivity contribution in [1.82, 2.24) is 20.2 Å². The molecule has 1 saturated carbocycles. The third-order valence-electron chi connectivity index (χ3n) is 8.90. The lowest BCUT2D eigenvalue weighted by molar-refractivity contribution is -0.133. The van der Waals surface area contributed by atoms with Gasteiger partial charge in [-0.15, -0.1) is 0 Å². The normalized spacial score (nSPS) is 25.7. The van der Waals surface area contributed by atoms with Gasteiger partial charge in [-0.3, -0.25) is 24.3 Å².